The van der Waals surface area contributed by atoms with Crippen LogP contribution in [0.3, 0.4) is 0 Å². The second-order valence-electron chi connectivity index (χ2n) is 6.90. The van der Waals surface area contributed by atoms with E-state index in [1.807, 2.05) is 18.2 Å². The van der Waals surface area contributed by atoms with Gasteiger partial charge in [-0.1, -0.05) is 63.3 Å². The fourth-order valence-electron chi connectivity index (χ4n) is 3.07. The molecular weight excluding hydrogens is 300 g/mol. The molecule has 2 aromatic rings. The normalized spacial score (nSPS) is 13.5. The van der Waals surface area contributed by atoms with Crippen LogP contribution in [0.2, 0.25) is 0 Å². The number of benzene rings is 2. The third kappa shape index (κ3) is 3.00. The molecule has 1 heterocycles. The van der Waals surface area contributed by atoms with Gasteiger partial charge in [0.2, 0.25) is 0 Å². The molecule has 4 heteroatoms. The van der Waals surface area contributed by atoms with Crippen LogP contribution in [0.1, 0.15) is 31.9 Å². The van der Waals surface area contributed by atoms with Gasteiger partial charge in [0, 0.05) is 12.2 Å². The fraction of sp³-hybridized carbons (Fsp3) is 0.250. The Morgan fingerprint density at radius 1 is 1.12 bits per heavy atom. The number of primary amides is 1. The minimum absolute atomic E-state index is 0.109. The average molecular weight is 322 g/mol. The molecule has 0 aliphatic carbocycles. The maximum atomic E-state index is 11.4. The minimum Gasteiger partial charge on any atom is -0.408 e. The molecule has 0 saturated carbocycles. The predicted molar refractivity (Wildman–Crippen MR) is 97.8 cm³/mol. The predicted octanol–water partition coefficient (Wildman–Crippen LogP) is 4.61. The Bertz CT molecular complexity index is 804. The Morgan fingerprint density at radius 2 is 1.88 bits per heavy atom. The summed E-state index contributed by atoms with van der Waals surface area (Å²) in [6.07, 6.45) is 3.42. The lowest BCUT2D eigenvalue weighted by Gasteiger charge is -2.34. The van der Waals surface area contributed by atoms with Crippen LogP contribution in [0.25, 0.3) is 6.08 Å². The number of rotatable bonds is 2. The van der Waals surface area contributed by atoms with Crippen molar-refractivity contribution < 1.29 is 9.53 Å². The highest BCUT2D eigenvalue weighted by Crippen LogP contribution is 2.44. The van der Waals surface area contributed by atoms with Crippen molar-refractivity contribution in [1.82, 2.24) is 0 Å². The highest BCUT2D eigenvalue weighted by atomic mass is 16.5. The van der Waals surface area contributed by atoms with E-state index in [-0.39, 0.29) is 5.41 Å². The molecule has 0 unspecified atom stereocenters. The van der Waals surface area contributed by atoms with Crippen molar-refractivity contribution in [3.8, 4) is 5.75 Å². The SMILES string of the molecule is CC(C)(C)c1cccc(OC(N)=O)c1N1CC=Cc2ccccc21. The molecule has 24 heavy (non-hydrogen) atoms. The summed E-state index contributed by atoms with van der Waals surface area (Å²) in [7, 11) is 0. The highest BCUT2D eigenvalue weighted by molar-refractivity contribution is 5.83. The van der Waals surface area contributed by atoms with Crippen molar-refractivity contribution in [1.29, 1.82) is 0 Å². The molecule has 2 N–H and O–H groups in total. The molecule has 0 spiro atoms. The molecule has 124 valence electrons. The smallest absolute Gasteiger partial charge is 0.408 e. The van der Waals surface area contributed by atoms with Gasteiger partial charge < -0.3 is 15.4 Å². The summed E-state index contributed by atoms with van der Waals surface area (Å²) in [5.74, 6) is 0.486. The van der Waals surface area contributed by atoms with E-state index >= 15 is 0 Å². The van der Waals surface area contributed by atoms with Crippen molar-refractivity contribution in [3.63, 3.8) is 0 Å². The number of ether oxygens (including phenoxy) is 1. The molecule has 3 rings (SSSR count). The van der Waals surface area contributed by atoms with E-state index in [0.717, 1.165) is 22.5 Å². The van der Waals surface area contributed by atoms with Gasteiger partial charge in [0.05, 0.1) is 5.69 Å². The Balaban J connectivity index is 2.22. The Kier molecular flexibility index (Phi) is 4.06. The first kappa shape index (κ1) is 16.1. The van der Waals surface area contributed by atoms with Gasteiger partial charge in [-0.05, 0) is 28.7 Å². The number of anilines is 2. The quantitative estimate of drug-likeness (QED) is 0.878. The first-order chi connectivity index (χ1) is 11.4. The van der Waals surface area contributed by atoms with Gasteiger partial charge in [0.15, 0.2) is 5.75 Å². The van der Waals surface area contributed by atoms with Crippen molar-refractivity contribution >= 4 is 23.5 Å². The molecule has 0 saturated heterocycles. The van der Waals surface area contributed by atoms with Crippen molar-refractivity contribution in [2.24, 2.45) is 5.73 Å². The number of fused-ring (bicyclic) bond motifs is 1. The molecule has 1 aliphatic rings. The van der Waals surface area contributed by atoms with Crippen LogP contribution in [-0.4, -0.2) is 12.6 Å². The van der Waals surface area contributed by atoms with Gasteiger partial charge in [-0.2, -0.15) is 0 Å². The van der Waals surface area contributed by atoms with Crippen LogP contribution < -0.4 is 15.4 Å². The maximum absolute atomic E-state index is 11.4. The first-order valence-corrected chi connectivity index (χ1v) is 8.02. The monoisotopic (exact) mass is 322 g/mol. The molecule has 1 amide bonds. The van der Waals surface area contributed by atoms with Crippen LogP contribution >= 0.6 is 0 Å². The van der Waals surface area contributed by atoms with Crippen LogP contribution in [-0.2, 0) is 5.41 Å². The Labute approximate surface area is 142 Å². The van der Waals surface area contributed by atoms with E-state index in [4.69, 9.17) is 10.5 Å². The molecular formula is C20H22N2O2. The van der Waals surface area contributed by atoms with Gasteiger partial charge in [-0.3, -0.25) is 0 Å². The lowest BCUT2D eigenvalue weighted by molar-refractivity contribution is 0.211. The summed E-state index contributed by atoms with van der Waals surface area (Å²) in [5.41, 5.74) is 9.39. The molecule has 2 aromatic carbocycles. The van der Waals surface area contributed by atoms with Crippen molar-refractivity contribution in [2.75, 3.05) is 11.4 Å². The van der Waals surface area contributed by atoms with Crippen molar-refractivity contribution in [3.05, 3.63) is 59.7 Å². The zero-order chi connectivity index (χ0) is 17.3. The number of carbonyl (C=O) groups excluding carboxylic acids is 1. The molecule has 0 radical (unpaired) electrons. The van der Waals surface area contributed by atoms with E-state index < -0.39 is 6.09 Å². The van der Waals surface area contributed by atoms with Gasteiger partial charge in [0.25, 0.3) is 0 Å². The number of hydrogen-bond donors (Lipinski definition) is 1. The zero-order valence-electron chi connectivity index (χ0n) is 14.2. The van der Waals surface area contributed by atoms with E-state index in [0.29, 0.717) is 12.3 Å². The van der Waals surface area contributed by atoms with Crippen LogP contribution in [0.4, 0.5) is 16.2 Å². The lowest BCUT2D eigenvalue weighted by atomic mass is 9.84. The van der Waals surface area contributed by atoms with Crippen molar-refractivity contribution in [2.45, 2.75) is 26.2 Å². The number of para-hydroxylation sites is 2. The van der Waals surface area contributed by atoms with E-state index in [1.165, 1.54) is 0 Å². The topological polar surface area (TPSA) is 55.6 Å². The van der Waals surface area contributed by atoms with Gasteiger partial charge in [0.1, 0.15) is 0 Å². The molecule has 0 atom stereocenters. The number of hydrogen-bond acceptors (Lipinski definition) is 3. The fourth-order valence-corrected chi connectivity index (χ4v) is 3.07. The molecule has 0 fully saturated rings. The number of nitrogens with zero attached hydrogens (tertiary/aromatic N) is 1. The van der Waals surface area contributed by atoms with E-state index in [9.17, 15) is 4.79 Å². The second kappa shape index (κ2) is 6.04. The lowest BCUT2D eigenvalue weighted by Crippen LogP contribution is -2.27. The number of amides is 1. The molecule has 0 aromatic heterocycles. The van der Waals surface area contributed by atoms with Crippen LogP contribution in [0.15, 0.2) is 48.5 Å². The standard InChI is InChI=1S/C20H22N2O2/c1-20(2,3)15-10-6-12-17(24-19(21)23)18(15)22-13-7-9-14-8-4-5-11-16(14)22/h4-12H,13H2,1-3H3,(H2,21,23). The summed E-state index contributed by atoms with van der Waals surface area (Å²) in [6.45, 7) is 7.14. The second-order valence-corrected chi connectivity index (χ2v) is 6.90. The van der Waals surface area contributed by atoms with Gasteiger partial charge in [-0.25, -0.2) is 4.79 Å². The van der Waals surface area contributed by atoms with E-state index in [1.54, 1.807) is 6.07 Å². The Hall–Kier alpha value is -2.75. The highest BCUT2D eigenvalue weighted by Gasteiger charge is 2.27. The summed E-state index contributed by atoms with van der Waals surface area (Å²) in [4.78, 5) is 13.6. The molecule has 4 nitrogen and oxygen atoms in total. The molecule has 0 bridgehead atoms. The third-order valence-electron chi connectivity index (χ3n) is 4.10. The van der Waals surface area contributed by atoms with E-state index in [2.05, 4.69) is 56.0 Å². The summed E-state index contributed by atoms with van der Waals surface area (Å²) < 4.78 is 5.32. The average Bonchev–Trinajstić information content (AvgIpc) is 2.53. The zero-order valence-corrected chi connectivity index (χ0v) is 14.2. The largest absolute Gasteiger partial charge is 0.410 e. The summed E-state index contributed by atoms with van der Waals surface area (Å²) in [6, 6.07) is 13.9. The van der Waals surface area contributed by atoms with Gasteiger partial charge in [-0.15, -0.1) is 0 Å². The maximum Gasteiger partial charge on any atom is 0.410 e. The van der Waals surface area contributed by atoms with Crippen LogP contribution in [0, 0.1) is 0 Å². The minimum atomic E-state index is -0.803. The summed E-state index contributed by atoms with van der Waals surface area (Å²) in [5, 5.41) is 0. The number of nitrogens with two attached hydrogens (primary N) is 1. The molecule has 1 aliphatic heterocycles. The Morgan fingerprint density at radius 3 is 2.58 bits per heavy atom. The summed E-state index contributed by atoms with van der Waals surface area (Å²) >= 11 is 0. The first-order valence-electron chi connectivity index (χ1n) is 8.02. The number of carbonyl (C=O) groups is 1. The third-order valence-corrected chi connectivity index (χ3v) is 4.10. The van der Waals surface area contributed by atoms with Crippen LogP contribution in [0.5, 0.6) is 5.75 Å². The van der Waals surface area contributed by atoms with Gasteiger partial charge >= 0.3 is 6.09 Å².